The smallest absolute Gasteiger partial charge is 0.332 e. The number of nitrogens with one attached hydrogen (secondary N) is 2. The van der Waals surface area contributed by atoms with E-state index in [0.717, 1.165) is 10.1 Å². The Morgan fingerprint density at radius 2 is 2.10 bits per heavy atom. The predicted octanol–water partition coefficient (Wildman–Crippen LogP) is -0.0326. The highest BCUT2D eigenvalue weighted by atomic mass is 16.2. The summed E-state index contributed by atoms with van der Waals surface area (Å²) in [7, 11) is 3.02. The zero-order chi connectivity index (χ0) is 15.0. The van der Waals surface area contributed by atoms with Gasteiger partial charge in [-0.2, -0.15) is 4.98 Å². The van der Waals surface area contributed by atoms with Crippen LogP contribution in [-0.2, 0) is 20.6 Å². The van der Waals surface area contributed by atoms with E-state index in [2.05, 4.69) is 20.3 Å². The Hall–Kier alpha value is -2.90. The van der Waals surface area contributed by atoms with Crippen molar-refractivity contribution in [1.29, 1.82) is 0 Å². The van der Waals surface area contributed by atoms with E-state index in [1.54, 1.807) is 19.4 Å². The Labute approximate surface area is 119 Å². The van der Waals surface area contributed by atoms with Crippen LogP contribution in [0.3, 0.4) is 0 Å². The van der Waals surface area contributed by atoms with E-state index in [4.69, 9.17) is 0 Å². The number of hydrogen-bond acceptors (Lipinski definition) is 5. The SMILES string of the molecule is Cn1c(=O)c2[nH]c(NCc3cccnc3)nc2n(C)c1=O. The average molecular weight is 286 g/mol. The van der Waals surface area contributed by atoms with Crippen molar-refractivity contribution in [1.82, 2.24) is 24.1 Å². The van der Waals surface area contributed by atoms with Gasteiger partial charge in [0, 0.05) is 33.0 Å². The van der Waals surface area contributed by atoms with Gasteiger partial charge in [-0.25, -0.2) is 4.79 Å². The molecule has 0 aliphatic carbocycles. The first-order valence-electron chi connectivity index (χ1n) is 6.36. The van der Waals surface area contributed by atoms with E-state index in [1.807, 2.05) is 12.1 Å². The zero-order valence-corrected chi connectivity index (χ0v) is 11.6. The molecule has 3 aromatic rings. The number of H-pyrrole nitrogens is 1. The molecule has 3 aromatic heterocycles. The first-order chi connectivity index (χ1) is 10.1. The fourth-order valence-corrected chi connectivity index (χ4v) is 2.10. The van der Waals surface area contributed by atoms with Crippen LogP contribution in [0.15, 0.2) is 34.1 Å². The van der Waals surface area contributed by atoms with Crippen molar-refractivity contribution in [2.75, 3.05) is 5.32 Å². The fraction of sp³-hybridized carbons (Fsp3) is 0.231. The van der Waals surface area contributed by atoms with Gasteiger partial charge in [0.15, 0.2) is 11.2 Å². The number of aryl methyl sites for hydroxylation is 1. The maximum atomic E-state index is 12.0. The van der Waals surface area contributed by atoms with E-state index in [1.165, 1.54) is 11.6 Å². The molecule has 3 rings (SSSR count). The number of fused-ring (bicyclic) bond motifs is 1. The Morgan fingerprint density at radius 1 is 1.29 bits per heavy atom. The van der Waals surface area contributed by atoms with Crippen LogP contribution in [0.25, 0.3) is 11.2 Å². The number of aromatic nitrogens is 5. The Balaban J connectivity index is 1.99. The molecule has 108 valence electrons. The highest BCUT2D eigenvalue weighted by Crippen LogP contribution is 2.09. The lowest BCUT2D eigenvalue weighted by Gasteiger charge is -2.01. The molecule has 8 nitrogen and oxygen atoms in total. The van der Waals surface area contributed by atoms with Crippen LogP contribution in [0, 0.1) is 0 Å². The third-order valence-corrected chi connectivity index (χ3v) is 3.28. The molecule has 0 aliphatic heterocycles. The van der Waals surface area contributed by atoms with Gasteiger partial charge in [-0.1, -0.05) is 6.07 Å². The lowest BCUT2D eigenvalue weighted by Crippen LogP contribution is -2.36. The third-order valence-electron chi connectivity index (χ3n) is 3.28. The summed E-state index contributed by atoms with van der Waals surface area (Å²) in [6.07, 6.45) is 3.44. The van der Waals surface area contributed by atoms with Crippen LogP contribution in [0.5, 0.6) is 0 Å². The number of anilines is 1. The summed E-state index contributed by atoms with van der Waals surface area (Å²) >= 11 is 0. The fourth-order valence-electron chi connectivity index (χ4n) is 2.10. The Morgan fingerprint density at radius 3 is 2.81 bits per heavy atom. The molecular weight excluding hydrogens is 272 g/mol. The van der Waals surface area contributed by atoms with E-state index in [-0.39, 0.29) is 0 Å². The first kappa shape index (κ1) is 13.1. The molecule has 0 radical (unpaired) electrons. The minimum absolute atomic E-state index is 0.299. The standard InChI is InChI=1S/C13H14N6O2/c1-18-10-9(11(20)19(2)13(18)21)16-12(17-10)15-7-8-4-3-5-14-6-8/h3-6H,7H2,1-2H3,(H2,15,16,17). The maximum Gasteiger partial charge on any atom is 0.332 e. The molecule has 21 heavy (non-hydrogen) atoms. The van der Waals surface area contributed by atoms with Gasteiger partial charge in [-0.05, 0) is 11.6 Å². The van der Waals surface area contributed by atoms with Gasteiger partial charge < -0.3 is 10.3 Å². The highest BCUT2D eigenvalue weighted by molar-refractivity contribution is 5.72. The summed E-state index contributed by atoms with van der Waals surface area (Å²) in [5.74, 6) is 0.437. The molecule has 0 bridgehead atoms. The van der Waals surface area contributed by atoms with Crippen molar-refractivity contribution >= 4 is 17.1 Å². The molecule has 0 spiro atoms. The van der Waals surface area contributed by atoms with Crippen LogP contribution in [0.4, 0.5) is 5.95 Å². The molecule has 0 aromatic carbocycles. The normalized spacial score (nSPS) is 11.0. The number of pyridine rings is 1. The molecule has 0 saturated carbocycles. The predicted molar refractivity (Wildman–Crippen MR) is 78.1 cm³/mol. The molecule has 8 heteroatoms. The maximum absolute atomic E-state index is 12.0. The molecule has 0 saturated heterocycles. The van der Waals surface area contributed by atoms with Gasteiger partial charge >= 0.3 is 5.69 Å². The van der Waals surface area contributed by atoms with Crippen molar-refractivity contribution in [2.45, 2.75) is 6.54 Å². The lowest BCUT2D eigenvalue weighted by atomic mass is 10.3. The number of hydrogen-bond donors (Lipinski definition) is 2. The topological polar surface area (TPSA) is 97.6 Å². The zero-order valence-electron chi connectivity index (χ0n) is 11.6. The molecule has 0 aliphatic rings. The van der Waals surface area contributed by atoms with Crippen LogP contribution in [0.1, 0.15) is 5.56 Å². The van der Waals surface area contributed by atoms with Crippen molar-refractivity contribution < 1.29 is 0 Å². The molecule has 2 N–H and O–H groups in total. The number of imidazole rings is 1. The van der Waals surface area contributed by atoms with Crippen molar-refractivity contribution in [3.63, 3.8) is 0 Å². The van der Waals surface area contributed by atoms with Crippen molar-refractivity contribution in [3.8, 4) is 0 Å². The van der Waals surface area contributed by atoms with E-state index in [9.17, 15) is 9.59 Å². The summed E-state index contributed by atoms with van der Waals surface area (Å²) in [5.41, 5.74) is 0.817. The average Bonchev–Trinajstić information content (AvgIpc) is 2.94. The van der Waals surface area contributed by atoms with Crippen LogP contribution in [-0.4, -0.2) is 24.1 Å². The highest BCUT2D eigenvalue weighted by Gasteiger charge is 2.13. The van der Waals surface area contributed by atoms with Crippen LogP contribution < -0.4 is 16.6 Å². The molecule has 0 atom stereocenters. The van der Waals surface area contributed by atoms with E-state index >= 15 is 0 Å². The van der Waals surface area contributed by atoms with Gasteiger partial charge in [-0.3, -0.25) is 18.9 Å². The minimum Gasteiger partial charge on any atom is -0.352 e. The Kier molecular flexibility index (Phi) is 3.05. The van der Waals surface area contributed by atoms with E-state index in [0.29, 0.717) is 23.7 Å². The van der Waals surface area contributed by atoms with Crippen molar-refractivity contribution in [2.24, 2.45) is 14.1 Å². The van der Waals surface area contributed by atoms with Gasteiger partial charge in [0.2, 0.25) is 5.95 Å². The van der Waals surface area contributed by atoms with Crippen LogP contribution >= 0.6 is 0 Å². The molecule has 0 unspecified atom stereocenters. The van der Waals surface area contributed by atoms with Gasteiger partial charge in [-0.15, -0.1) is 0 Å². The lowest BCUT2D eigenvalue weighted by molar-refractivity contribution is 0.709. The summed E-state index contributed by atoms with van der Waals surface area (Å²) < 4.78 is 2.38. The second-order valence-electron chi connectivity index (χ2n) is 4.70. The molecule has 0 amide bonds. The number of aromatic amines is 1. The quantitative estimate of drug-likeness (QED) is 0.704. The molecular formula is C13H14N6O2. The summed E-state index contributed by atoms with van der Waals surface area (Å²) in [4.78, 5) is 35.0. The summed E-state index contributed by atoms with van der Waals surface area (Å²) in [5, 5.41) is 3.07. The molecule has 0 fully saturated rings. The van der Waals surface area contributed by atoms with E-state index < -0.39 is 11.2 Å². The summed E-state index contributed by atoms with van der Waals surface area (Å²) in [6.45, 7) is 0.516. The van der Waals surface area contributed by atoms with Crippen molar-refractivity contribution in [3.05, 3.63) is 50.9 Å². The van der Waals surface area contributed by atoms with Crippen LogP contribution in [0.2, 0.25) is 0 Å². The summed E-state index contributed by atoms with van der Waals surface area (Å²) in [6, 6.07) is 3.77. The Bertz CT molecular complexity index is 906. The van der Waals surface area contributed by atoms with Gasteiger partial charge in [0.25, 0.3) is 5.56 Å². The van der Waals surface area contributed by atoms with Gasteiger partial charge in [0.05, 0.1) is 0 Å². The number of nitrogens with zero attached hydrogens (tertiary/aromatic N) is 4. The third kappa shape index (κ3) is 2.20. The monoisotopic (exact) mass is 286 g/mol. The largest absolute Gasteiger partial charge is 0.352 e. The first-order valence-corrected chi connectivity index (χ1v) is 6.36. The van der Waals surface area contributed by atoms with Gasteiger partial charge in [0.1, 0.15) is 0 Å². The number of rotatable bonds is 3. The second kappa shape index (κ2) is 4.89. The minimum atomic E-state index is -0.405. The molecule has 3 heterocycles. The second-order valence-corrected chi connectivity index (χ2v) is 4.70.